The molecule has 2 rings (SSSR count). The van der Waals surface area contributed by atoms with Crippen LogP contribution in [0.2, 0.25) is 0 Å². The third-order valence-corrected chi connectivity index (χ3v) is 4.52. The van der Waals surface area contributed by atoms with E-state index in [2.05, 4.69) is 12.1 Å². The molecule has 0 bridgehead atoms. The third kappa shape index (κ3) is 6.41. The standard InChI is InChI=1S/C21H24N2O/c22-15-5-3-1-2-4-6-18-11-13-21(14-12-18)24-17-20-9-7-19(16-23)8-10-20/h1-3,5,7-10,18,21H,4,6,11-14,17H2/t18-,21-. The van der Waals surface area contributed by atoms with Gasteiger partial charge in [0.05, 0.1) is 30.4 Å². The summed E-state index contributed by atoms with van der Waals surface area (Å²) in [4.78, 5) is 0. The van der Waals surface area contributed by atoms with Crippen LogP contribution in [0.5, 0.6) is 0 Å². The van der Waals surface area contributed by atoms with E-state index in [1.165, 1.54) is 25.3 Å². The second-order valence-electron chi connectivity index (χ2n) is 6.26. The average molecular weight is 320 g/mol. The second-order valence-corrected chi connectivity index (χ2v) is 6.26. The first kappa shape index (κ1) is 18.0. The quantitative estimate of drug-likeness (QED) is 0.522. The minimum Gasteiger partial charge on any atom is -0.374 e. The summed E-state index contributed by atoms with van der Waals surface area (Å²) in [6.07, 6.45) is 14.8. The van der Waals surface area contributed by atoms with Gasteiger partial charge in [-0.05, 0) is 62.1 Å². The molecular formula is C21H24N2O. The monoisotopic (exact) mass is 320 g/mol. The lowest BCUT2D eigenvalue weighted by Gasteiger charge is -2.28. The number of nitriles is 2. The highest BCUT2D eigenvalue weighted by atomic mass is 16.5. The molecule has 0 atom stereocenters. The lowest BCUT2D eigenvalue weighted by atomic mass is 9.84. The van der Waals surface area contributed by atoms with Gasteiger partial charge in [-0.1, -0.05) is 30.4 Å². The van der Waals surface area contributed by atoms with E-state index in [1.54, 1.807) is 6.08 Å². The van der Waals surface area contributed by atoms with Gasteiger partial charge in [-0.15, -0.1) is 0 Å². The first-order chi connectivity index (χ1) is 11.8. The Kier molecular flexibility index (Phi) is 7.81. The first-order valence-corrected chi connectivity index (χ1v) is 8.63. The van der Waals surface area contributed by atoms with Crippen LogP contribution in [-0.2, 0) is 11.3 Å². The summed E-state index contributed by atoms with van der Waals surface area (Å²) < 4.78 is 6.02. The summed E-state index contributed by atoms with van der Waals surface area (Å²) in [6, 6.07) is 11.7. The molecule has 0 saturated heterocycles. The maximum atomic E-state index is 8.80. The zero-order valence-electron chi connectivity index (χ0n) is 14.0. The van der Waals surface area contributed by atoms with Crippen LogP contribution < -0.4 is 0 Å². The Bertz CT molecular complexity index is 623. The van der Waals surface area contributed by atoms with E-state index in [9.17, 15) is 0 Å². The maximum Gasteiger partial charge on any atom is 0.0991 e. The summed E-state index contributed by atoms with van der Waals surface area (Å²) in [5, 5.41) is 17.2. The lowest BCUT2D eigenvalue weighted by molar-refractivity contribution is 0.00647. The first-order valence-electron chi connectivity index (χ1n) is 8.63. The number of hydrogen-bond acceptors (Lipinski definition) is 3. The minimum absolute atomic E-state index is 0.367. The van der Waals surface area contributed by atoms with Gasteiger partial charge < -0.3 is 4.74 Å². The van der Waals surface area contributed by atoms with Gasteiger partial charge in [0.2, 0.25) is 0 Å². The molecule has 124 valence electrons. The van der Waals surface area contributed by atoms with Crippen LogP contribution in [0.15, 0.2) is 48.6 Å². The SMILES string of the molecule is N#CC=CC=CCC[C@H]1CC[C@H](OCc2ccc(C#N)cc2)CC1. The normalized spacial score (nSPS) is 20.9. The summed E-state index contributed by atoms with van der Waals surface area (Å²) in [5.41, 5.74) is 1.82. The van der Waals surface area contributed by atoms with Gasteiger partial charge in [0.1, 0.15) is 0 Å². The molecular weight excluding hydrogens is 296 g/mol. The maximum absolute atomic E-state index is 8.80. The zero-order chi connectivity index (χ0) is 17.0. The van der Waals surface area contributed by atoms with Crippen molar-refractivity contribution in [1.82, 2.24) is 0 Å². The van der Waals surface area contributed by atoms with Gasteiger partial charge in [0.15, 0.2) is 0 Å². The largest absolute Gasteiger partial charge is 0.374 e. The van der Waals surface area contributed by atoms with Crippen LogP contribution in [0.25, 0.3) is 0 Å². The van der Waals surface area contributed by atoms with Crippen LogP contribution in [0, 0.1) is 28.6 Å². The number of nitrogens with zero attached hydrogens (tertiary/aromatic N) is 2. The second kappa shape index (κ2) is 10.4. The van der Waals surface area contributed by atoms with Crippen molar-refractivity contribution < 1.29 is 4.74 Å². The van der Waals surface area contributed by atoms with Crippen LogP contribution in [0.1, 0.15) is 49.7 Å². The molecule has 1 fully saturated rings. The van der Waals surface area contributed by atoms with Crippen molar-refractivity contribution in [2.24, 2.45) is 5.92 Å². The molecule has 0 radical (unpaired) electrons. The van der Waals surface area contributed by atoms with Crippen molar-refractivity contribution in [2.75, 3.05) is 0 Å². The molecule has 0 unspecified atom stereocenters. The van der Waals surface area contributed by atoms with Crippen molar-refractivity contribution in [3.05, 3.63) is 59.7 Å². The molecule has 0 amide bonds. The van der Waals surface area contributed by atoms with Gasteiger partial charge in [0.25, 0.3) is 0 Å². The Morgan fingerprint density at radius 1 is 1.04 bits per heavy atom. The fraction of sp³-hybridized carbons (Fsp3) is 0.429. The summed E-state index contributed by atoms with van der Waals surface area (Å²) in [7, 11) is 0. The molecule has 0 aliphatic heterocycles. The minimum atomic E-state index is 0.367. The average Bonchev–Trinajstić information content (AvgIpc) is 2.64. The van der Waals surface area contributed by atoms with Crippen molar-refractivity contribution in [3.63, 3.8) is 0 Å². The van der Waals surface area contributed by atoms with Gasteiger partial charge >= 0.3 is 0 Å². The Morgan fingerprint density at radius 2 is 1.79 bits per heavy atom. The molecule has 0 aromatic heterocycles. The molecule has 1 aromatic rings. The number of rotatable bonds is 7. The third-order valence-electron chi connectivity index (χ3n) is 4.52. The molecule has 3 nitrogen and oxygen atoms in total. The molecule has 1 saturated carbocycles. The molecule has 3 heteroatoms. The Labute approximate surface area is 144 Å². The fourth-order valence-electron chi connectivity index (χ4n) is 3.08. The van der Waals surface area contributed by atoms with E-state index in [-0.39, 0.29) is 0 Å². The molecule has 1 aromatic carbocycles. The topological polar surface area (TPSA) is 56.8 Å². The lowest BCUT2D eigenvalue weighted by Crippen LogP contribution is -2.21. The summed E-state index contributed by atoms with van der Waals surface area (Å²) in [6.45, 7) is 0.634. The molecule has 24 heavy (non-hydrogen) atoms. The van der Waals surface area contributed by atoms with Crippen LogP contribution in [-0.4, -0.2) is 6.10 Å². The number of benzene rings is 1. The highest BCUT2D eigenvalue weighted by Crippen LogP contribution is 2.30. The molecule has 0 N–H and O–H groups in total. The fourth-order valence-corrected chi connectivity index (χ4v) is 3.08. The highest BCUT2D eigenvalue weighted by molar-refractivity contribution is 5.31. The number of allylic oxidation sites excluding steroid dienone is 4. The molecule has 1 aliphatic rings. The van der Waals surface area contributed by atoms with E-state index in [1.807, 2.05) is 36.4 Å². The summed E-state index contributed by atoms with van der Waals surface area (Å²) >= 11 is 0. The Balaban J connectivity index is 1.62. The van der Waals surface area contributed by atoms with E-state index in [4.69, 9.17) is 15.3 Å². The predicted octanol–water partition coefficient (Wildman–Crippen LogP) is 5.05. The zero-order valence-corrected chi connectivity index (χ0v) is 14.0. The van der Waals surface area contributed by atoms with Crippen molar-refractivity contribution in [2.45, 2.75) is 51.2 Å². The van der Waals surface area contributed by atoms with E-state index < -0.39 is 0 Å². The predicted molar refractivity (Wildman–Crippen MR) is 94.8 cm³/mol. The van der Waals surface area contributed by atoms with Crippen LogP contribution >= 0.6 is 0 Å². The van der Waals surface area contributed by atoms with Crippen molar-refractivity contribution in [3.8, 4) is 12.1 Å². The molecule has 0 spiro atoms. The van der Waals surface area contributed by atoms with Crippen LogP contribution in [0.3, 0.4) is 0 Å². The highest BCUT2D eigenvalue weighted by Gasteiger charge is 2.21. The van der Waals surface area contributed by atoms with Gasteiger partial charge in [-0.2, -0.15) is 10.5 Å². The van der Waals surface area contributed by atoms with E-state index in [0.717, 1.165) is 30.7 Å². The van der Waals surface area contributed by atoms with Crippen LogP contribution in [0.4, 0.5) is 0 Å². The van der Waals surface area contributed by atoms with E-state index >= 15 is 0 Å². The number of ether oxygens (including phenoxy) is 1. The van der Waals surface area contributed by atoms with E-state index in [0.29, 0.717) is 18.3 Å². The Hall–Kier alpha value is -2.36. The Morgan fingerprint density at radius 3 is 2.46 bits per heavy atom. The smallest absolute Gasteiger partial charge is 0.0991 e. The van der Waals surface area contributed by atoms with Crippen molar-refractivity contribution >= 4 is 0 Å². The number of hydrogen-bond donors (Lipinski definition) is 0. The van der Waals surface area contributed by atoms with Crippen molar-refractivity contribution in [1.29, 1.82) is 10.5 Å². The van der Waals surface area contributed by atoms with Gasteiger partial charge in [-0.3, -0.25) is 0 Å². The summed E-state index contributed by atoms with van der Waals surface area (Å²) in [5.74, 6) is 0.796. The van der Waals surface area contributed by atoms with Gasteiger partial charge in [0, 0.05) is 6.08 Å². The molecule has 1 aliphatic carbocycles. The van der Waals surface area contributed by atoms with Gasteiger partial charge in [-0.25, -0.2) is 0 Å². The molecule has 0 heterocycles.